The van der Waals surface area contributed by atoms with Crippen LogP contribution in [0.4, 0.5) is 0 Å². The zero-order valence-electron chi connectivity index (χ0n) is 10.0. The van der Waals surface area contributed by atoms with Gasteiger partial charge in [0.1, 0.15) is 5.75 Å². The van der Waals surface area contributed by atoms with E-state index in [-0.39, 0.29) is 12.0 Å². The molecular formula is C13H16O5. The minimum atomic E-state index is -1.11. The van der Waals surface area contributed by atoms with Crippen molar-refractivity contribution in [3.63, 3.8) is 0 Å². The molecule has 0 fully saturated rings. The molecule has 1 aromatic rings. The van der Waals surface area contributed by atoms with Gasteiger partial charge in [-0.1, -0.05) is 12.1 Å². The van der Waals surface area contributed by atoms with Crippen molar-refractivity contribution < 1.29 is 24.9 Å². The monoisotopic (exact) mass is 252 g/mol. The Morgan fingerprint density at radius 3 is 2.44 bits per heavy atom. The fourth-order valence-corrected chi connectivity index (χ4v) is 1.43. The van der Waals surface area contributed by atoms with Gasteiger partial charge in [-0.25, -0.2) is 4.79 Å². The van der Waals surface area contributed by atoms with Gasteiger partial charge < -0.3 is 20.1 Å². The number of benzene rings is 1. The Kier molecular flexibility index (Phi) is 5.35. The van der Waals surface area contributed by atoms with E-state index in [1.165, 1.54) is 6.08 Å². The highest BCUT2D eigenvalue weighted by molar-refractivity contribution is 5.92. The molecule has 0 saturated carbocycles. The Bertz CT molecular complexity index is 422. The van der Waals surface area contributed by atoms with Crippen molar-refractivity contribution in [2.45, 2.75) is 12.5 Å². The summed E-state index contributed by atoms with van der Waals surface area (Å²) >= 11 is 0. The van der Waals surface area contributed by atoms with E-state index in [9.17, 15) is 9.90 Å². The van der Waals surface area contributed by atoms with Crippen molar-refractivity contribution >= 4 is 12.0 Å². The predicted octanol–water partition coefficient (Wildman–Crippen LogP) is 0.907. The number of rotatable bonds is 6. The third-order valence-electron chi connectivity index (χ3n) is 2.40. The summed E-state index contributed by atoms with van der Waals surface area (Å²) in [5.41, 5.74) is 0.736. The van der Waals surface area contributed by atoms with Gasteiger partial charge in [-0.15, -0.1) is 0 Å². The lowest BCUT2D eigenvalue weighted by molar-refractivity contribution is -0.133. The van der Waals surface area contributed by atoms with E-state index in [1.54, 1.807) is 31.4 Å². The summed E-state index contributed by atoms with van der Waals surface area (Å²) in [7, 11) is 1.55. The van der Waals surface area contributed by atoms with Crippen molar-refractivity contribution in [3.8, 4) is 5.75 Å². The first kappa shape index (κ1) is 14.2. The predicted molar refractivity (Wildman–Crippen MR) is 66.3 cm³/mol. The Balaban J connectivity index is 2.89. The first-order valence-electron chi connectivity index (χ1n) is 5.43. The van der Waals surface area contributed by atoms with Crippen LogP contribution in [-0.4, -0.2) is 41.1 Å². The summed E-state index contributed by atoms with van der Waals surface area (Å²) in [6, 6.07) is 6.86. The summed E-state index contributed by atoms with van der Waals surface area (Å²) in [4.78, 5) is 11.0. The van der Waals surface area contributed by atoms with Crippen LogP contribution in [0.2, 0.25) is 0 Å². The number of aliphatic carboxylic acids is 1. The van der Waals surface area contributed by atoms with Gasteiger partial charge in [-0.3, -0.25) is 0 Å². The quantitative estimate of drug-likeness (QED) is 0.655. The zero-order chi connectivity index (χ0) is 13.5. The van der Waals surface area contributed by atoms with Crippen LogP contribution in [0.3, 0.4) is 0 Å². The second-order valence-corrected chi connectivity index (χ2v) is 3.79. The van der Waals surface area contributed by atoms with Gasteiger partial charge in [-0.05, 0) is 23.8 Å². The fourth-order valence-electron chi connectivity index (χ4n) is 1.43. The zero-order valence-corrected chi connectivity index (χ0v) is 10.0. The largest absolute Gasteiger partial charge is 0.497 e. The second-order valence-electron chi connectivity index (χ2n) is 3.79. The molecule has 1 unspecified atom stereocenters. The Labute approximate surface area is 105 Å². The van der Waals surface area contributed by atoms with Crippen LogP contribution in [0.1, 0.15) is 12.0 Å². The Hall–Kier alpha value is -1.85. The second kappa shape index (κ2) is 6.78. The van der Waals surface area contributed by atoms with Crippen LogP contribution in [0.15, 0.2) is 29.8 Å². The molecule has 1 aromatic carbocycles. The topological polar surface area (TPSA) is 87.0 Å². The number of methoxy groups -OCH3 is 1. The summed E-state index contributed by atoms with van der Waals surface area (Å²) in [6.07, 6.45) is 0.295. The normalized spacial score (nSPS) is 13.2. The summed E-state index contributed by atoms with van der Waals surface area (Å²) in [5, 5.41) is 27.0. The highest BCUT2D eigenvalue weighted by Gasteiger charge is 2.12. The minimum absolute atomic E-state index is 0.0433. The molecule has 0 aliphatic heterocycles. The van der Waals surface area contributed by atoms with E-state index < -0.39 is 18.7 Å². The lowest BCUT2D eigenvalue weighted by Crippen LogP contribution is -2.16. The van der Waals surface area contributed by atoms with Crippen molar-refractivity contribution in [2.75, 3.05) is 13.7 Å². The standard InChI is InChI=1S/C13H16O5/c1-18-12-4-2-9(3-5-12)6-10(13(16)17)7-11(15)8-14/h2-6,11,14-15H,7-8H2,1H3,(H,16,17). The number of hydrogen-bond acceptors (Lipinski definition) is 4. The molecule has 1 atom stereocenters. The molecule has 0 aliphatic rings. The highest BCUT2D eigenvalue weighted by Crippen LogP contribution is 2.16. The van der Waals surface area contributed by atoms with Crippen LogP contribution < -0.4 is 4.74 Å². The molecule has 1 rings (SSSR count). The smallest absolute Gasteiger partial charge is 0.331 e. The molecule has 0 spiro atoms. The van der Waals surface area contributed by atoms with Crippen molar-refractivity contribution in [3.05, 3.63) is 35.4 Å². The average Bonchev–Trinajstić information content (AvgIpc) is 2.38. The van der Waals surface area contributed by atoms with Gasteiger partial charge >= 0.3 is 5.97 Å². The van der Waals surface area contributed by atoms with E-state index in [0.29, 0.717) is 11.3 Å². The number of ether oxygens (including phenoxy) is 1. The van der Waals surface area contributed by atoms with Crippen LogP contribution in [0.5, 0.6) is 5.75 Å². The van der Waals surface area contributed by atoms with E-state index in [2.05, 4.69) is 0 Å². The van der Waals surface area contributed by atoms with Gasteiger partial charge in [0, 0.05) is 12.0 Å². The fraction of sp³-hybridized carbons (Fsp3) is 0.308. The van der Waals surface area contributed by atoms with Crippen molar-refractivity contribution in [1.82, 2.24) is 0 Å². The molecule has 18 heavy (non-hydrogen) atoms. The maximum absolute atomic E-state index is 11.0. The van der Waals surface area contributed by atoms with Crippen LogP contribution >= 0.6 is 0 Å². The van der Waals surface area contributed by atoms with Crippen LogP contribution in [0.25, 0.3) is 6.08 Å². The van der Waals surface area contributed by atoms with E-state index in [4.69, 9.17) is 14.9 Å². The van der Waals surface area contributed by atoms with Crippen molar-refractivity contribution in [2.24, 2.45) is 0 Å². The lowest BCUT2D eigenvalue weighted by Gasteiger charge is -2.08. The highest BCUT2D eigenvalue weighted by atomic mass is 16.5. The molecule has 0 bridgehead atoms. The molecule has 0 amide bonds. The first-order chi connectivity index (χ1) is 8.56. The third-order valence-corrected chi connectivity index (χ3v) is 2.40. The molecule has 5 heteroatoms. The van der Waals surface area contributed by atoms with E-state index in [1.807, 2.05) is 0 Å². The van der Waals surface area contributed by atoms with E-state index >= 15 is 0 Å². The summed E-state index contributed by atoms with van der Waals surface area (Å²) in [5.74, 6) is -0.433. The summed E-state index contributed by atoms with van der Waals surface area (Å²) < 4.78 is 4.99. The van der Waals surface area contributed by atoms with Crippen LogP contribution in [0, 0.1) is 0 Å². The third kappa shape index (κ3) is 4.20. The average molecular weight is 252 g/mol. The van der Waals surface area contributed by atoms with Gasteiger partial charge in [0.25, 0.3) is 0 Å². The molecule has 0 saturated heterocycles. The number of aliphatic hydroxyl groups is 2. The molecule has 0 aromatic heterocycles. The Morgan fingerprint density at radius 1 is 1.39 bits per heavy atom. The molecule has 0 radical (unpaired) electrons. The van der Waals surface area contributed by atoms with Gasteiger partial charge in [0.05, 0.1) is 19.8 Å². The molecule has 98 valence electrons. The molecule has 3 N–H and O–H groups in total. The SMILES string of the molecule is COc1ccc(C=C(CC(O)CO)C(=O)O)cc1. The number of carboxylic acids is 1. The van der Waals surface area contributed by atoms with E-state index in [0.717, 1.165) is 0 Å². The van der Waals surface area contributed by atoms with Gasteiger partial charge in [-0.2, -0.15) is 0 Å². The maximum Gasteiger partial charge on any atom is 0.331 e. The first-order valence-corrected chi connectivity index (χ1v) is 5.43. The Morgan fingerprint density at radius 2 is 2.00 bits per heavy atom. The van der Waals surface area contributed by atoms with Crippen LogP contribution in [-0.2, 0) is 4.79 Å². The van der Waals surface area contributed by atoms with Crippen molar-refractivity contribution in [1.29, 1.82) is 0 Å². The van der Waals surface area contributed by atoms with Gasteiger partial charge in [0.15, 0.2) is 0 Å². The lowest BCUT2D eigenvalue weighted by atomic mass is 10.1. The minimum Gasteiger partial charge on any atom is -0.497 e. The molecule has 0 heterocycles. The maximum atomic E-state index is 11.0. The summed E-state index contributed by atoms with van der Waals surface area (Å²) in [6.45, 7) is -0.465. The van der Waals surface area contributed by atoms with Gasteiger partial charge in [0.2, 0.25) is 0 Å². The number of carboxylic acid groups (broad SMARTS) is 1. The number of hydrogen-bond donors (Lipinski definition) is 3. The number of carbonyl (C=O) groups is 1. The molecule has 5 nitrogen and oxygen atoms in total. The molecule has 0 aliphatic carbocycles. The number of aliphatic hydroxyl groups excluding tert-OH is 2. The molecular weight excluding hydrogens is 236 g/mol.